The molecule has 0 amide bonds. The Bertz CT molecular complexity index is 1080. The topological polar surface area (TPSA) is 316 Å². The third-order valence-corrected chi connectivity index (χ3v) is 10.0. The molecule has 0 aromatic carbocycles. The van der Waals surface area contributed by atoms with Crippen LogP contribution in [-0.2, 0) is 33.3 Å². The molecule has 5 aliphatic rings. The maximum atomic E-state index is 11.9. The van der Waals surface area contributed by atoms with Gasteiger partial charge in [0.05, 0.1) is 36.9 Å². The molecular weight excluding hydrogens is 652 g/mol. The predicted molar refractivity (Wildman–Crippen MR) is 151 cm³/mol. The Hall–Kier alpha value is -1.66. The lowest BCUT2D eigenvalue weighted by molar-refractivity contribution is -0.382. The molecule has 5 rings (SSSR count). The van der Waals surface area contributed by atoms with Crippen molar-refractivity contribution in [2.75, 3.05) is 13.2 Å². The van der Waals surface area contributed by atoms with Crippen molar-refractivity contribution in [2.45, 2.75) is 143 Å². The Labute approximate surface area is 274 Å². The van der Waals surface area contributed by atoms with Crippen molar-refractivity contribution in [2.24, 2.45) is 11.8 Å². The number of aliphatic carboxylic acids is 1. The minimum Gasteiger partial charge on any atom is -0.481 e. The number of esters is 1. The Morgan fingerprint density at radius 3 is 2.06 bits per heavy atom. The summed E-state index contributed by atoms with van der Waals surface area (Å²) in [5.74, 6) is -3.71. The van der Waals surface area contributed by atoms with Crippen LogP contribution in [0.4, 0.5) is 0 Å². The maximum absolute atomic E-state index is 11.9. The maximum Gasteiger partial charge on any atom is 0.317 e. The van der Waals surface area contributed by atoms with Gasteiger partial charge in [-0.2, -0.15) is 0 Å². The van der Waals surface area contributed by atoms with Gasteiger partial charge in [0, 0.05) is 18.8 Å². The molecule has 3 heterocycles. The molecule has 0 aromatic rings. The van der Waals surface area contributed by atoms with E-state index in [1.807, 2.05) is 0 Å². The number of carboxylic acids is 1. The fraction of sp³-hybridized carbons (Fsp3) is 0.931. The van der Waals surface area contributed by atoms with Crippen molar-refractivity contribution < 1.29 is 94.2 Å². The minimum absolute atomic E-state index is 0.00597. The molecule has 0 spiro atoms. The van der Waals surface area contributed by atoms with Gasteiger partial charge in [-0.05, 0) is 19.3 Å². The Morgan fingerprint density at radius 1 is 0.708 bits per heavy atom. The van der Waals surface area contributed by atoms with Crippen LogP contribution in [0.3, 0.4) is 0 Å². The van der Waals surface area contributed by atoms with E-state index < -0.39 is 148 Å². The monoisotopic (exact) mass is 699 g/mol. The summed E-state index contributed by atoms with van der Waals surface area (Å²) in [7, 11) is 0. The zero-order valence-corrected chi connectivity index (χ0v) is 25.9. The highest BCUT2D eigenvalue weighted by Gasteiger charge is 2.56. The zero-order valence-electron chi connectivity index (χ0n) is 25.9. The Balaban J connectivity index is 1.42. The highest BCUT2D eigenvalue weighted by molar-refractivity contribution is 5.90. The highest BCUT2D eigenvalue weighted by atomic mass is 16.8. The van der Waals surface area contributed by atoms with Crippen molar-refractivity contribution in [1.29, 1.82) is 0 Å². The first kappa shape index (κ1) is 37.6. The summed E-state index contributed by atoms with van der Waals surface area (Å²) in [5.41, 5.74) is 0. The number of aliphatic hydroxyl groups is 12. The van der Waals surface area contributed by atoms with Crippen molar-refractivity contribution >= 4 is 11.9 Å². The van der Waals surface area contributed by atoms with Gasteiger partial charge in [0.2, 0.25) is 0 Å². The number of carbonyl (C=O) groups is 2. The van der Waals surface area contributed by atoms with Gasteiger partial charge in [-0.25, -0.2) is 0 Å². The first-order chi connectivity index (χ1) is 22.6. The molecule has 3 saturated heterocycles. The average Bonchev–Trinajstić information content (AvgIpc) is 3.02. The second kappa shape index (κ2) is 15.7. The van der Waals surface area contributed by atoms with Crippen LogP contribution in [-0.4, -0.2) is 190 Å². The quantitative estimate of drug-likeness (QED) is 0.0606. The molecule has 17 atom stereocenters. The van der Waals surface area contributed by atoms with Gasteiger partial charge in [0.25, 0.3) is 0 Å². The first-order valence-electron chi connectivity index (χ1n) is 16.1. The largest absolute Gasteiger partial charge is 0.481 e. The van der Waals surface area contributed by atoms with Crippen LogP contribution in [0.1, 0.15) is 38.5 Å². The van der Waals surface area contributed by atoms with Crippen LogP contribution in [0.2, 0.25) is 0 Å². The minimum atomic E-state index is -1.89. The van der Waals surface area contributed by atoms with Crippen LogP contribution in [0.15, 0.2) is 0 Å². The molecule has 8 unspecified atom stereocenters. The van der Waals surface area contributed by atoms with Crippen LogP contribution < -0.4 is 0 Å². The van der Waals surface area contributed by atoms with E-state index in [1.54, 1.807) is 0 Å². The van der Waals surface area contributed by atoms with E-state index in [2.05, 4.69) is 0 Å². The van der Waals surface area contributed by atoms with E-state index in [4.69, 9.17) is 33.5 Å². The lowest BCUT2D eigenvalue weighted by atomic mass is 9.72. The van der Waals surface area contributed by atoms with Gasteiger partial charge in [0.1, 0.15) is 68.0 Å². The van der Waals surface area contributed by atoms with Gasteiger partial charge >= 0.3 is 11.9 Å². The molecule has 2 saturated carbocycles. The third-order valence-electron chi connectivity index (χ3n) is 10.0. The molecule has 0 radical (unpaired) electrons. The highest BCUT2D eigenvalue weighted by Crippen LogP contribution is 2.42. The standard InChI is InChI=1S/C29H46O19/c30-10-3-12(31)11-5-17(26(45-16(11)4-10)9-1-13(32)21(38)14(33)2-9)46-29-27(48-28-25(42)22(39)15(34)7-44-28)24(41)23(40)18(47-29)8-43-20(37)6-19(35)36/h9-18,21-34,38-42H,1-8H2,(H,35,36)/p+1/t9?,10?,11?,12?,13?,14?,15-,16?,17?,18-,21?,22+,23+,24+,25-,26?,27-,28+,29-/m1/s1. The van der Waals surface area contributed by atoms with Gasteiger partial charge in [-0.3, -0.25) is 9.59 Å². The van der Waals surface area contributed by atoms with Gasteiger partial charge in [-0.1, -0.05) is 0 Å². The van der Waals surface area contributed by atoms with E-state index in [-0.39, 0.29) is 32.1 Å². The second-order valence-electron chi connectivity index (χ2n) is 13.5. The second-order valence-corrected chi connectivity index (χ2v) is 13.5. The zero-order chi connectivity index (χ0) is 35.0. The van der Waals surface area contributed by atoms with Crippen molar-refractivity contribution in [3.05, 3.63) is 0 Å². The van der Waals surface area contributed by atoms with E-state index >= 15 is 0 Å². The molecule has 12 N–H and O–H groups in total. The Kier molecular flexibility index (Phi) is 12.3. The van der Waals surface area contributed by atoms with Crippen molar-refractivity contribution in [3.63, 3.8) is 0 Å². The number of fused-ring (bicyclic) bond motifs is 1. The fourth-order valence-corrected chi connectivity index (χ4v) is 7.44. The number of aliphatic hydroxyl groups excluding tert-OH is 10. The molecule has 0 aromatic heterocycles. The molecule has 48 heavy (non-hydrogen) atoms. The van der Waals surface area contributed by atoms with Gasteiger partial charge < -0.3 is 84.6 Å². The number of carbonyl (C=O) groups excluding carboxylic acids is 1. The van der Waals surface area contributed by atoms with E-state index in [1.165, 1.54) is 0 Å². The average molecular weight is 700 g/mol. The molecular formula is C29H47O19+. The van der Waals surface area contributed by atoms with E-state index in [0.29, 0.717) is 0 Å². The number of hydrogen-bond acceptors (Lipinski definition) is 17. The van der Waals surface area contributed by atoms with Crippen LogP contribution in [0.25, 0.3) is 0 Å². The molecule has 19 nitrogen and oxygen atoms in total. The fourth-order valence-electron chi connectivity index (χ4n) is 7.44. The summed E-state index contributed by atoms with van der Waals surface area (Å²) in [6, 6.07) is 0. The third kappa shape index (κ3) is 8.27. The van der Waals surface area contributed by atoms with Gasteiger partial charge in [-0.15, -0.1) is 0 Å². The SMILES string of the molecule is O=C(O)CC(=O)OC[C@H]1O[C@@H](OC2CC3C(O)CC(O)CC3[OH+]C2C2CC(O)C(O)C(O)C2)[C@H](O[C@@H]2OC[C@@H](O)[C@H](O)[C@H]2O)[C@@H](O)[C@H]1O. The van der Waals surface area contributed by atoms with Crippen LogP contribution >= 0.6 is 0 Å². The van der Waals surface area contributed by atoms with E-state index in [9.17, 15) is 60.7 Å². The number of rotatable bonds is 9. The summed E-state index contributed by atoms with van der Waals surface area (Å²) in [4.78, 5) is 22.8. The van der Waals surface area contributed by atoms with Crippen molar-refractivity contribution in [1.82, 2.24) is 0 Å². The van der Waals surface area contributed by atoms with Crippen molar-refractivity contribution in [3.8, 4) is 0 Å². The normalized spacial score (nSPS) is 49.9. The van der Waals surface area contributed by atoms with Gasteiger partial charge in [0.15, 0.2) is 24.8 Å². The lowest BCUT2D eigenvalue weighted by Gasteiger charge is -2.49. The number of carboxylic acid groups (broad SMARTS) is 1. The lowest BCUT2D eigenvalue weighted by Crippen LogP contribution is -2.65. The molecule has 5 fully saturated rings. The summed E-state index contributed by atoms with van der Waals surface area (Å²) in [5, 5.41) is 114. The molecule has 2 aliphatic carbocycles. The predicted octanol–water partition coefficient (Wildman–Crippen LogP) is -6.05. The molecule has 276 valence electrons. The molecule has 3 aliphatic heterocycles. The summed E-state index contributed by atoms with van der Waals surface area (Å²) in [6.07, 6.45) is -23.9. The molecule has 0 bridgehead atoms. The summed E-state index contributed by atoms with van der Waals surface area (Å²) < 4.78 is 33.2. The Morgan fingerprint density at radius 2 is 1.40 bits per heavy atom. The summed E-state index contributed by atoms with van der Waals surface area (Å²) in [6.45, 7) is -1.18. The summed E-state index contributed by atoms with van der Waals surface area (Å²) >= 11 is 0. The van der Waals surface area contributed by atoms with Crippen LogP contribution in [0, 0.1) is 11.8 Å². The van der Waals surface area contributed by atoms with E-state index in [0.717, 1.165) is 0 Å². The van der Waals surface area contributed by atoms with Crippen LogP contribution in [0.5, 0.6) is 0 Å². The smallest absolute Gasteiger partial charge is 0.317 e. The number of hydrogen-bond donors (Lipinski definition) is 11. The molecule has 19 heteroatoms. The number of ether oxygens (including phenoxy) is 6. The first-order valence-corrected chi connectivity index (χ1v) is 16.1.